The Hall–Kier alpha value is -1.33. The molecule has 2 amide bonds. The lowest BCUT2D eigenvalue weighted by Gasteiger charge is -2.11. The number of carbonyl (C=O) groups excluding carboxylic acids is 2. The molecular weight excluding hydrogens is 330 g/mol. The third-order valence-corrected chi connectivity index (χ3v) is 4.68. The van der Waals surface area contributed by atoms with Crippen LogP contribution in [0.15, 0.2) is 18.2 Å². The number of hydrogen-bond acceptors (Lipinski definition) is 2. The Morgan fingerprint density at radius 3 is 2.36 bits per heavy atom. The van der Waals surface area contributed by atoms with Crippen molar-refractivity contribution >= 4 is 46.4 Å². The summed E-state index contributed by atoms with van der Waals surface area (Å²) in [7, 11) is 0. The van der Waals surface area contributed by atoms with E-state index < -0.39 is 22.0 Å². The summed E-state index contributed by atoms with van der Waals surface area (Å²) in [5.41, 5.74) is 0.0625. The molecule has 2 aliphatic carbocycles. The molecule has 2 N–H and O–H groups in total. The zero-order chi connectivity index (χ0) is 15.9. The molecule has 1 aromatic carbocycles. The zero-order valence-corrected chi connectivity index (χ0v) is 13.2. The molecule has 2 aliphatic rings. The van der Waals surface area contributed by atoms with Crippen molar-refractivity contribution in [1.82, 2.24) is 0 Å². The van der Waals surface area contributed by atoms with Gasteiger partial charge in [-0.2, -0.15) is 0 Å². The second-order valence-electron chi connectivity index (χ2n) is 5.87. The molecule has 0 aliphatic heterocycles. The van der Waals surface area contributed by atoms with Gasteiger partial charge in [0, 0.05) is 6.42 Å². The number of alkyl halides is 2. The minimum atomic E-state index is -1.06. The Labute approximate surface area is 137 Å². The topological polar surface area (TPSA) is 58.2 Å². The first kappa shape index (κ1) is 15.6. The number of amides is 2. The van der Waals surface area contributed by atoms with Gasteiger partial charge in [0.05, 0.1) is 17.3 Å². The Kier molecular flexibility index (Phi) is 4.03. The van der Waals surface area contributed by atoms with Crippen LogP contribution in [0.25, 0.3) is 0 Å². The summed E-state index contributed by atoms with van der Waals surface area (Å²) in [6.07, 6.45) is 2.85. The van der Waals surface area contributed by atoms with Gasteiger partial charge in [0.25, 0.3) is 0 Å². The molecule has 0 spiro atoms. The monoisotopic (exact) mass is 344 g/mol. The smallest absolute Gasteiger partial charge is 0.230 e. The average Bonchev–Trinajstić information content (AvgIpc) is 3.33. The van der Waals surface area contributed by atoms with Crippen LogP contribution in [0.5, 0.6) is 0 Å². The third kappa shape index (κ3) is 3.52. The molecule has 0 radical (unpaired) electrons. The molecular formula is C15H15Cl2FN2O2. The fourth-order valence-corrected chi connectivity index (χ4v) is 2.73. The number of hydrogen-bond donors (Lipinski definition) is 2. The van der Waals surface area contributed by atoms with E-state index in [0.717, 1.165) is 12.8 Å². The Balaban J connectivity index is 1.66. The fourth-order valence-electron chi connectivity index (χ4n) is 2.23. The van der Waals surface area contributed by atoms with Crippen LogP contribution in [-0.4, -0.2) is 16.1 Å². The van der Waals surface area contributed by atoms with Gasteiger partial charge in [0.2, 0.25) is 11.8 Å². The van der Waals surface area contributed by atoms with Crippen LogP contribution < -0.4 is 10.6 Å². The number of benzene rings is 1. The van der Waals surface area contributed by atoms with Crippen LogP contribution in [0.1, 0.15) is 25.7 Å². The number of carbonyl (C=O) groups is 2. The highest BCUT2D eigenvalue weighted by atomic mass is 35.5. The number of rotatable bonds is 5. The predicted octanol–water partition coefficient (Wildman–Crippen LogP) is 3.70. The summed E-state index contributed by atoms with van der Waals surface area (Å²) in [5.74, 6) is -1.43. The van der Waals surface area contributed by atoms with Crippen molar-refractivity contribution in [1.29, 1.82) is 0 Å². The summed E-state index contributed by atoms with van der Waals surface area (Å²) in [5, 5.41) is 5.00. The van der Waals surface area contributed by atoms with Crippen molar-refractivity contribution in [3.63, 3.8) is 0 Å². The number of nitrogens with one attached hydrogen (secondary N) is 2. The molecule has 118 valence electrons. The summed E-state index contributed by atoms with van der Waals surface area (Å²) in [4.78, 5) is 23.6. The lowest BCUT2D eigenvalue weighted by molar-refractivity contribution is -0.117. The minimum Gasteiger partial charge on any atom is -0.324 e. The molecule has 0 aromatic heterocycles. The largest absolute Gasteiger partial charge is 0.324 e. The van der Waals surface area contributed by atoms with Crippen LogP contribution in [0, 0.1) is 17.7 Å². The highest BCUT2D eigenvalue weighted by Gasteiger charge is 2.56. The van der Waals surface area contributed by atoms with E-state index >= 15 is 0 Å². The fraction of sp³-hybridized carbons (Fsp3) is 0.467. The zero-order valence-electron chi connectivity index (χ0n) is 11.7. The van der Waals surface area contributed by atoms with Gasteiger partial charge >= 0.3 is 0 Å². The SMILES string of the molecule is O=C(CC1CC1)Nc1cccc(NC(=O)C2CC2(Cl)Cl)c1F. The second kappa shape index (κ2) is 5.70. The van der Waals surface area contributed by atoms with E-state index in [4.69, 9.17) is 23.2 Å². The maximum Gasteiger partial charge on any atom is 0.230 e. The van der Waals surface area contributed by atoms with Gasteiger partial charge in [-0.25, -0.2) is 4.39 Å². The third-order valence-electron chi connectivity index (χ3n) is 3.84. The summed E-state index contributed by atoms with van der Waals surface area (Å²) >= 11 is 11.6. The van der Waals surface area contributed by atoms with Crippen LogP contribution in [0.4, 0.5) is 15.8 Å². The number of halogens is 3. The van der Waals surface area contributed by atoms with Crippen molar-refractivity contribution in [3.8, 4) is 0 Å². The number of anilines is 2. The van der Waals surface area contributed by atoms with Crippen molar-refractivity contribution < 1.29 is 14.0 Å². The standard InChI is InChI=1S/C15H15Cl2FN2O2/c16-15(17)7-9(15)14(22)20-11-3-1-2-10(13(11)18)19-12(21)6-8-4-5-8/h1-3,8-9H,4-7H2,(H,19,21)(H,20,22). The van der Waals surface area contributed by atoms with Gasteiger partial charge in [0.15, 0.2) is 5.82 Å². The van der Waals surface area contributed by atoms with Crippen molar-refractivity contribution in [2.24, 2.45) is 11.8 Å². The van der Waals surface area contributed by atoms with Crippen molar-refractivity contribution in [2.75, 3.05) is 10.6 Å². The Bertz CT molecular complexity index is 632. The van der Waals surface area contributed by atoms with Crippen LogP contribution in [0.2, 0.25) is 0 Å². The molecule has 3 rings (SSSR count). The van der Waals surface area contributed by atoms with Gasteiger partial charge in [-0.1, -0.05) is 6.07 Å². The van der Waals surface area contributed by atoms with Crippen LogP contribution in [-0.2, 0) is 9.59 Å². The molecule has 0 saturated heterocycles. The van der Waals surface area contributed by atoms with E-state index in [-0.39, 0.29) is 17.3 Å². The highest BCUT2D eigenvalue weighted by molar-refractivity contribution is 6.52. The van der Waals surface area contributed by atoms with Gasteiger partial charge in [0.1, 0.15) is 4.33 Å². The molecule has 1 unspecified atom stereocenters. The summed E-state index contributed by atoms with van der Waals surface area (Å²) < 4.78 is 13.3. The molecule has 7 heteroatoms. The first-order chi connectivity index (χ1) is 10.4. The Morgan fingerprint density at radius 2 is 1.82 bits per heavy atom. The molecule has 1 aromatic rings. The summed E-state index contributed by atoms with van der Waals surface area (Å²) in [6.45, 7) is 0. The average molecular weight is 345 g/mol. The predicted molar refractivity (Wildman–Crippen MR) is 83.5 cm³/mol. The molecule has 1 atom stereocenters. The van der Waals surface area contributed by atoms with Gasteiger partial charge in [-0.15, -0.1) is 23.2 Å². The molecule has 0 heterocycles. The van der Waals surface area contributed by atoms with E-state index in [0.29, 0.717) is 18.8 Å². The molecule has 2 saturated carbocycles. The van der Waals surface area contributed by atoms with Gasteiger partial charge in [-0.3, -0.25) is 9.59 Å². The second-order valence-corrected chi connectivity index (χ2v) is 7.41. The molecule has 0 bridgehead atoms. The first-order valence-electron chi connectivity index (χ1n) is 7.14. The van der Waals surface area contributed by atoms with E-state index in [9.17, 15) is 14.0 Å². The van der Waals surface area contributed by atoms with Crippen LogP contribution >= 0.6 is 23.2 Å². The quantitative estimate of drug-likeness (QED) is 0.800. The van der Waals surface area contributed by atoms with E-state index in [2.05, 4.69) is 10.6 Å². The van der Waals surface area contributed by atoms with Gasteiger partial charge in [-0.05, 0) is 37.3 Å². The minimum absolute atomic E-state index is 0.00487. The maximum atomic E-state index is 14.3. The normalized spacial score (nSPS) is 22.0. The van der Waals surface area contributed by atoms with Gasteiger partial charge < -0.3 is 10.6 Å². The maximum absolute atomic E-state index is 14.3. The van der Waals surface area contributed by atoms with E-state index in [1.54, 1.807) is 6.07 Å². The molecule has 22 heavy (non-hydrogen) atoms. The summed E-state index contributed by atoms with van der Waals surface area (Å²) in [6, 6.07) is 4.45. The van der Waals surface area contributed by atoms with E-state index in [1.165, 1.54) is 12.1 Å². The Morgan fingerprint density at radius 1 is 1.23 bits per heavy atom. The highest BCUT2D eigenvalue weighted by Crippen LogP contribution is 2.53. The van der Waals surface area contributed by atoms with Crippen molar-refractivity contribution in [2.45, 2.75) is 30.0 Å². The van der Waals surface area contributed by atoms with Crippen molar-refractivity contribution in [3.05, 3.63) is 24.0 Å². The van der Waals surface area contributed by atoms with Crippen LogP contribution in [0.3, 0.4) is 0 Å². The van der Waals surface area contributed by atoms with E-state index in [1.807, 2.05) is 0 Å². The molecule has 2 fully saturated rings. The molecule has 4 nitrogen and oxygen atoms in total. The lowest BCUT2D eigenvalue weighted by Crippen LogP contribution is -2.19. The first-order valence-corrected chi connectivity index (χ1v) is 7.89. The lowest BCUT2D eigenvalue weighted by atomic mass is 10.2.